The number of anilines is 1. The number of sulfonamides is 1. The van der Waals surface area contributed by atoms with Gasteiger partial charge in [0, 0.05) is 44.1 Å². The lowest BCUT2D eigenvalue weighted by molar-refractivity contribution is 0.198. The van der Waals surface area contributed by atoms with Gasteiger partial charge in [0.25, 0.3) is 0 Å². The first-order valence-corrected chi connectivity index (χ1v) is 12.8. The van der Waals surface area contributed by atoms with Crippen LogP contribution in [0.3, 0.4) is 0 Å². The Hall–Kier alpha value is -2.63. The second kappa shape index (κ2) is 8.38. The Morgan fingerprint density at radius 1 is 1.16 bits per heavy atom. The minimum Gasteiger partial charge on any atom is -0.391 e. The van der Waals surface area contributed by atoms with Crippen LogP contribution < -0.4 is 4.90 Å². The highest BCUT2D eigenvalue weighted by Crippen LogP contribution is 2.29. The highest BCUT2D eigenvalue weighted by Gasteiger charge is 2.28. The summed E-state index contributed by atoms with van der Waals surface area (Å²) in [7, 11) is -3.22. The maximum atomic E-state index is 12.1. The van der Waals surface area contributed by atoms with E-state index in [0.717, 1.165) is 35.3 Å². The van der Waals surface area contributed by atoms with Crippen LogP contribution in [0.25, 0.3) is 22.4 Å². The molecule has 2 fully saturated rings. The average Bonchev–Trinajstić information content (AvgIpc) is 3.41. The molecule has 0 saturated carbocycles. The van der Waals surface area contributed by atoms with Gasteiger partial charge in [-0.3, -0.25) is 0 Å². The van der Waals surface area contributed by atoms with Gasteiger partial charge in [0.2, 0.25) is 16.0 Å². The van der Waals surface area contributed by atoms with Gasteiger partial charge < -0.3 is 15.0 Å². The maximum absolute atomic E-state index is 12.1. The van der Waals surface area contributed by atoms with Crippen LogP contribution in [0.1, 0.15) is 25.0 Å². The molecule has 0 aromatic carbocycles. The molecule has 0 aliphatic carbocycles. The van der Waals surface area contributed by atoms with Crippen LogP contribution in [0.15, 0.2) is 24.7 Å². The van der Waals surface area contributed by atoms with Gasteiger partial charge in [-0.2, -0.15) is 0 Å². The van der Waals surface area contributed by atoms with E-state index < -0.39 is 10.0 Å². The van der Waals surface area contributed by atoms with E-state index in [9.17, 15) is 13.5 Å². The van der Waals surface area contributed by atoms with Crippen molar-refractivity contribution < 1.29 is 13.5 Å². The molecule has 2 saturated heterocycles. The number of fused-ring (bicyclic) bond motifs is 1. The number of nitrogens with one attached hydrogen (secondary N) is 1. The van der Waals surface area contributed by atoms with E-state index in [2.05, 4.69) is 15.0 Å². The summed E-state index contributed by atoms with van der Waals surface area (Å²) in [4.78, 5) is 23.7. The van der Waals surface area contributed by atoms with Crippen LogP contribution in [-0.4, -0.2) is 81.3 Å². The van der Waals surface area contributed by atoms with E-state index in [0.29, 0.717) is 50.7 Å². The molecule has 32 heavy (non-hydrogen) atoms. The van der Waals surface area contributed by atoms with Gasteiger partial charge in [-0.15, -0.1) is 0 Å². The number of H-pyrrole nitrogens is 1. The number of aliphatic hydroxyl groups is 1. The lowest BCUT2D eigenvalue weighted by atomic mass is 9.92. The number of piperidine rings is 1. The number of rotatable bonds is 5. The Bertz CT molecular complexity index is 1230. The molecule has 2 aliphatic rings. The van der Waals surface area contributed by atoms with Crippen LogP contribution in [0.2, 0.25) is 0 Å². The monoisotopic (exact) mass is 457 g/mol. The molecule has 0 bridgehead atoms. The van der Waals surface area contributed by atoms with Crippen LogP contribution in [0.4, 0.5) is 5.95 Å². The van der Waals surface area contributed by atoms with E-state index in [1.165, 1.54) is 6.26 Å². The van der Waals surface area contributed by atoms with Gasteiger partial charge in [-0.25, -0.2) is 32.7 Å². The van der Waals surface area contributed by atoms with Gasteiger partial charge in [0.1, 0.15) is 5.52 Å². The molecule has 10 nitrogen and oxygen atoms in total. The first kappa shape index (κ1) is 21.2. The molecule has 0 unspecified atom stereocenters. The van der Waals surface area contributed by atoms with Crippen molar-refractivity contribution in [3.05, 3.63) is 30.4 Å². The number of hydrogen-bond donors (Lipinski definition) is 2. The highest BCUT2D eigenvalue weighted by molar-refractivity contribution is 7.88. The third-order valence-corrected chi connectivity index (χ3v) is 7.54. The third-order valence-electron chi connectivity index (χ3n) is 6.27. The van der Waals surface area contributed by atoms with Crippen LogP contribution in [0.5, 0.6) is 0 Å². The highest BCUT2D eigenvalue weighted by atomic mass is 32.2. The van der Waals surface area contributed by atoms with Crippen molar-refractivity contribution in [1.82, 2.24) is 29.2 Å². The van der Waals surface area contributed by atoms with Gasteiger partial charge >= 0.3 is 0 Å². The van der Waals surface area contributed by atoms with Gasteiger partial charge in [-0.1, -0.05) is 0 Å². The second-order valence-corrected chi connectivity index (χ2v) is 10.7. The molecule has 2 N–H and O–H groups in total. The van der Waals surface area contributed by atoms with Crippen LogP contribution >= 0.6 is 0 Å². The first-order chi connectivity index (χ1) is 15.4. The normalized spacial score (nSPS) is 22.6. The second-order valence-electron chi connectivity index (χ2n) is 8.72. The summed E-state index contributed by atoms with van der Waals surface area (Å²) in [5.41, 5.74) is 3.81. The number of hydrogen-bond acceptors (Lipinski definition) is 8. The average molecular weight is 458 g/mol. The quantitative estimate of drug-likeness (QED) is 0.585. The van der Waals surface area contributed by atoms with Crippen molar-refractivity contribution in [3.8, 4) is 11.3 Å². The van der Waals surface area contributed by atoms with Crippen molar-refractivity contribution in [1.29, 1.82) is 0 Å². The Labute approximate surface area is 186 Å². The Balaban J connectivity index is 1.50. The summed E-state index contributed by atoms with van der Waals surface area (Å²) in [6.45, 7) is 2.28. The minimum absolute atomic E-state index is 0.160. The predicted octanol–water partition coefficient (Wildman–Crippen LogP) is 1.20. The third kappa shape index (κ3) is 4.32. The molecule has 2 atom stereocenters. The van der Waals surface area contributed by atoms with E-state index in [1.807, 2.05) is 11.0 Å². The zero-order valence-electron chi connectivity index (χ0n) is 18.0. The maximum Gasteiger partial charge on any atom is 0.225 e. The summed E-state index contributed by atoms with van der Waals surface area (Å²) < 4.78 is 25.7. The summed E-state index contributed by atoms with van der Waals surface area (Å²) in [5.74, 6) is 0.750. The largest absolute Gasteiger partial charge is 0.391 e. The number of aromatic nitrogens is 5. The molecule has 3 aromatic rings. The van der Waals surface area contributed by atoms with E-state index in [1.54, 1.807) is 22.9 Å². The standard InChI is InChI=1S/C21H27N7O3S/c1-32(30,31)28-7-2-3-14(12-28)9-18-16(19-11-23-20-17(25-19)4-6-22-20)10-24-21(26-18)27-8-5-15(29)13-27/h4,6,10-11,14-15,29H,2-3,5,7-9,12-13H2,1H3,(H,22,23)/t14-,15+/m1/s1. The van der Waals surface area contributed by atoms with Crippen molar-refractivity contribution in [2.75, 3.05) is 37.3 Å². The zero-order valence-corrected chi connectivity index (χ0v) is 18.8. The summed E-state index contributed by atoms with van der Waals surface area (Å²) >= 11 is 0. The summed E-state index contributed by atoms with van der Waals surface area (Å²) in [5, 5.41) is 9.93. The Morgan fingerprint density at radius 2 is 2.03 bits per heavy atom. The molecule has 170 valence electrons. The van der Waals surface area contributed by atoms with Crippen LogP contribution in [0, 0.1) is 5.92 Å². The van der Waals surface area contributed by atoms with E-state index >= 15 is 0 Å². The molecule has 0 spiro atoms. The van der Waals surface area contributed by atoms with Gasteiger partial charge in [0.15, 0.2) is 5.65 Å². The summed E-state index contributed by atoms with van der Waals surface area (Å²) in [6, 6.07) is 1.87. The van der Waals surface area contributed by atoms with Crippen molar-refractivity contribution in [2.45, 2.75) is 31.8 Å². The van der Waals surface area contributed by atoms with Crippen molar-refractivity contribution in [2.24, 2.45) is 5.92 Å². The predicted molar refractivity (Wildman–Crippen MR) is 121 cm³/mol. The number of aliphatic hydroxyl groups excluding tert-OH is 1. The molecule has 0 radical (unpaired) electrons. The Kier molecular flexibility index (Phi) is 5.56. The van der Waals surface area contributed by atoms with Crippen molar-refractivity contribution in [3.63, 3.8) is 0 Å². The fraction of sp³-hybridized carbons (Fsp3) is 0.524. The number of nitrogens with zero attached hydrogens (tertiary/aromatic N) is 6. The van der Waals surface area contributed by atoms with E-state index in [-0.39, 0.29) is 12.0 Å². The smallest absolute Gasteiger partial charge is 0.225 e. The lowest BCUT2D eigenvalue weighted by Crippen LogP contribution is -2.40. The fourth-order valence-electron chi connectivity index (χ4n) is 4.58. The SMILES string of the molecule is CS(=O)(=O)N1CCC[C@H](Cc2nc(N3CC[C@H](O)C3)ncc2-c2cnc3[nH]ccc3n2)C1. The molecular weight excluding hydrogens is 430 g/mol. The fourth-order valence-corrected chi connectivity index (χ4v) is 5.52. The minimum atomic E-state index is -3.22. The molecule has 3 aromatic heterocycles. The molecule has 11 heteroatoms. The molecule has 5 heterocycles. The molecular formula is C21H27N7O3S. The topological polar surface area (TPSA) is 128 Å². The Morgan fingerprint density at radius 3 is 2.81 bits per heavy atom. The van der Waals surface area contributed by atoms with Gasteiger partial charge in [0.05, 0.1) is 29.9 Å². The summed E-state index contributed by atoms with van der Waals surface area (Å²) in [6.07, 6.45) is 9.28. The number of β-amino-alcohol motifs (C(OH)–C–C–N with tert-alkyl or cyclic N) is 1. The molecule has 5 rings (SSSR count). The first-order valence-electron chi connectivity index (χ1n) is 10.9. The van der Waals surface area contributed by atoms with Gasteiger partial charge in [-0.05, 0) is 37.7 Å². The van der Waals surface area contributed by atoms with Crippen molar-refractivity contribution >= 4 is 27.1 Å². The molecule has 2 aliphatic heterocycles. The van der Waals surface area contributed by atoms with Crippen LogP contribution in [-0.2, 0) is 16.4 Å². The molecule has 0 amide bonds. The zero-order chi connectivity index (χ0) is 22.3. The van der Waals surface area contributed by atoms with E-state index in [4.69, 9.17) is 9.97 Å². The lowest BCUT2D eigenvalue weighted by Gasteiger charge is -2.31. The number of aromatic amines is 1.